The second kappa shape index (κ2) is 3.94. The van der Waals surface area contributed by atoms with Crippen molar-refractivity contribution >= 4 is 12.1 Å². The fourth-order valence-electron chi connectivity index (χ4n) is 0.942. The molecule has 1 aliphatic heterocycles. The first-order valence-electron chi connectivity index (χ1n) is 3.85. The number of hydrogen-bond donors (Lipinski definition) is 1. The van der Waals surface area contributed by atoms with Gasteiger partial charge in [0.1, 0.15) is 0 Å². The number of ether oxygens (including phenoxy) is 2. The predicted octanol–water partition coefficient (Wildman–Crippen LogP) is 0.396. The van der Waals surface area contributed by atoms with Crippen molar-refractivity contribution < 1.29 is 19.1 Å². The van der Waals surface area contributed by atoms with Crippen LogP contribution in [0.25, 0.3) is 0 Å². The van der Waals surface area contributed by atoms with Gasteiger partial charge in [-0.2, -0.15) is 0 Å². The van der Waals surface area contributed by atoms with Gasteiger partial charge in [-0.15, -0.1) is 0 Å². The SMILES string of the molecule is CCOC(=O)O[C@@H]1CCC(=O)N1. The Balaban J connectivity index is 2.23. The summed E-state index contributed by atoms with van der Waals surface area (Å²) in [5.41, 5.74) is 0. The molecule has 1 fully saturated rings. The van der Waals surface area contributed by atoms with Gasteiger partial charge in [-0.25, -0.2) is 4.79 Å². The third-order valence-electron chi connectivity index (χ3n) is 1.46. The first-order valence-corrected chi connectivity index (χ1v) is 3.85. The number of carbonyl (C=O) groups is 2. The summed E-state index contributed by atoms with van der Waals surface area (Å²) in [5.74, 6) is -0.0932. The Labute approximate surface area is 70.0 Å². The van der Waals surface area contributed by atoms with Crippen LogP contribution in [0.4, 0.5) is 4.79 Å². The summed E-state index contributed by atoms with van der Waals surface area (Å²) in [6, 6.07) is 0. The molecule has 0 aromatic rings. The van der Waals surface area contributed by atoms with Gasteiger partial charge >= 0.3 is 6.16 Å². The van der Waals surface area contributed by atoms with Crippen molar-refractivity contribution in [1.29, 1.82) is 0 Å². The molecule has 0 radical (unpaired) electrons. The molecule has 5 heteroatoms. The molecule has 5 nitrogen and oxygen atoms in total. The molecule has 0 spiro atoms. The standard InChI is InChI=1S/C7H11NO4/c1-2-11-7(10)12-6-4-3-5(9)8-6/h6H,2-4H2,1H3,(H,8,9)/t6-/m1/s1. The van der Waals surface area contributed by atoms with Crippen molar-refractivity contribution in [3.63, 3.8) is 0 Å². The largest absolute Gasteiger partial charge is 0.510 e. The Morgan fingerprint density at radius 3 is 3.00 bits per heavy atom. The van der Waals surface area contributed by atoms with E-state index in [0.29, 0.717) is 12.8 Å². The molecule has 1 rings (SSSR count). The number of nitrogens with one attached hydrogen (secondary N) is 1. The summed E-state index contributed by atoms with van der Waals surface area (Å²) in [6.45, 7) is 1.97. The van der Waals surface area contributed by atoms with Gasteiger partial charge in [-0.3, -0.25) is 4.79 Å². The van der Waals surface area contributed by atoms with Crippen LogP contribution in [0.15, 0.2) is 0 Å². The van der Waals surface area contributed by atoms with E-state index in [1.807, 2.05) is 0 Å². The predicted molar refractivity (Wildman–Crippen MR) is 39.3 cm³/mol. The molecule has 0 aliphatic carbocycles. The Kier molecular flexibility index (Phi) is 2.90. The van der Waals surface area contributed by atoms with Crippen LogP contribution in [-0.2, 0) is 14.3 Å². The Hall–Kier alpha value is -1.26. The quantitative estimate of drug-likeness (QED) is 0.614. The first-order chi connectivity index (χ1) is 5.72. The van der Waals surface area contributed by atoms with Gasteiger partial charge in [0.25, 0.3) is 0 Å². The van der Waals surface area contributed by atoms with Gasteiger partial charge < -0.3 is 14.8 Å². The zero-order valence-corrected chi connectivity index (χ0v) is 6.83. The molecule has 1 aliphatic rings. The molecule has 0 unspecified atom stereocenters. The van der Waals surface area contributed by atoms with Crippen molar-refractivity contribution in [1.82, 2.24) is 5.32 Å². The second-order valence-corrected chi connectivity index (χ2v) is 2.40. The van der Waals surface area contributed by atoms with Gasteiger partial charge in [-0.05, 0) is 6.92 Å². The van der Waals surface area contributed by atoms with Crippen LogP contribution in [0.2, 0.25) is 0 Å². The second-order valence-electron chi connectivity index (χ2n) is 2.40. The maximum Gasteiger partial charge on any atom is 0.510 e. The number of hydrogen-bond acceptors (Lipinski definition) is 4. The molecular weight excluding hydrogens is 162 g/mol. The smallest absolute Gasteiger partial charge is 0.435 e. The highest BCUT2D eigenvalue weighted by atomic mass is 16.7. The highest BCUT2D eigenvalue weighted by Crippen LogP contribution is 2.08. The van der Waals surface area contributed by atoms with E-state index in [1.165, 1.54) is 0 Å². The minimum Gasteiger partial charge on any atom is -0.435 e. The summed E-state index contributed by atoms with van der Waals surface area (Å²) in [5, 5.41) is 2.48. The highest BCUT2D eigenvalue weighted by Gasteiger charge is 2.24. The lowest BCUT2D eigenvalue weighted by Gasteiger charge is -2.10. The van der Waals surface area contributed by atoms with Crippen LogP contribution < -0.4 is 5.32 Å². The van der Waals surface area contributed by atoms with Gasteiger partial charge in [-0.1, -0.05) is 0 Å². The van der Waals surface area contributed by atoms with Crippen LogP contribution in [0, 0.1) is 0 Å². The fraction of sp³-hybridized carbons (Fsp3) is 0.714. The van der Waals surface area contributed by atoms with E-state index in [1.54, 1.807) is 6.92 Å². The molecule has 0 aromatic heterocycles. The fourth-order valence-corrected chi connectivity index (χ4v) is 0.942. The molecule has 0 bridgehead atoms. The molecule has 1 amide bonds. The van der Waals surface area contributed by atoms with E-state index in [2.05, 4.69) is 10.1 Å². The van der Waals surface area contributed by atoms with Gasteiger partial charge in [0, 0.05) is 12.8 Å². The van der Waals surface area contributed by atoms with Crippen molar-refractivity contribution in [2.75, 3.05) is 6.61 Å². The minimum atomic E-state index is -0.732. The zero-order valence-electron chi connectivity index (χ0n) is 6.83. The van der Waals surface area contributed by atoms with E-state index < -0.39 is 12.4 Å². The summed E-state index contributed by atoms with van der Waals surface area (Å²) in [4.78, 5) is 21.4. The van der Waals surface area contributed by atoms with Crippen molar-refractivity contribution in [3.05, 3.63) is 0 Å². The molecule has 1 saturated heterocycles. The number of amides is 1. The number of carbonyl (C=O) groups excluding carboxylic acids is 2. The van der Waals surface area contributed by atoms with Crippen LogP contribution in [-0.4, -0.2) is 24.9 Å². The van der Waals surface area contributed by atoms with Gasteiger partial charge in [0.2, 0.25) is 5.91 Å². The Morgan fingerprint density at radius 2 is 2.50 bits per heavy atom. The topological polar surface area (TPSA) is 64.6 Å². The van der Waals surface area contributed by atoms with Crippen LogP contribution in [0.1, 0.15) is 19.8 Å². The highest BCUT2D eigenvalue weighted by molar-refractivity contribution is 5.78. The van der Waals surface area contributed by atoms with E-state index in [0.717, 1.165) is 0 Å². The average Bonchev–Trinajstić information content (AvgIpc) is 2.36. The molecule has 68 valence electrons. The van der Waals surface area contributed by atoms with Crippen LogP contribution in [0.5, 0.6) is 0 Å². The molecule has 1 N–H and O–H groups in total. The third kappa shape index (κ3) is 2.41. The minimum absolute atomic E-state index is 0.0932. The molecule has 1 heterocycles. The summed E-state index contributed by atoms with van der Waals surface area (Å²) in [6.07, 6.45) is -0.303. The normalized spacial score (nSPS) is 21.8. The molecule has 12 heavy (non-hydrogen) atoms. The van der Waals surface area contributed by atoms with Crippen LogP contribution >= 0.6 is 0 Å². The van der Waals surface area contributed by atoms with Crippen molar-refractivity contribution in [3.8, 4) is 0 Å². The maximum atomic E-state index is 10.7. The maximum absolute atomic E-state index is 10.7. The van der Waals surface area contributed by atoms with E-state index in [-0.39, 0.29) is 12.5 Å². The molecule has 0 aromatic carbocycles. The van der Waals surface area contributed by atoms with E-state index in [4.69, 9.17) is 4.74 Å². The lowest BCUT2D eigenvalue weighted by Crippen LogP contribution is -2.30. The molecule has 1 atom stereocenters. The first kappa shape index (κ1) is 8.83. The van der Waals surface area contributed by atoms with Gasteiger partial charge in [0.05, 0.1) is 6.61 Å². The monoisotopic (exact) mass is 173 g/mol. The lowest BCUT2D eigenvalue weighted by molar-refractivity contribution is -0.120. The van der Waals surface area contributed by atoms with E-state index >= 15 is 0 Å². The zero-order chi connectivity index (χ0) is 8.97. The van der Waals surface area contributed by atoms with Crippen molar-refractivity contribution in [2.45, 2.75) is 26.0 Å². The van der Waals surface area contributed by atoms with Gasteiger partial charge in [0.15, 0.2) is 6.23 Å². The summed E-state index contributed by atoms with van der Waals surface area (Å²) in [7, 11) is 0. The third-order valence-corrected chi connectivity index (χ3v) is 1.46. The molecular formula is C7H11NO4. The Morgan fingerprint density at radius 1 is 1.75 bits per heavy atom. The van der Waals surface area contributed by atoms with Crippen molar-refractivity contribution in [2.24, 2.45) is 0 Å². The lowest BCUT2D eigenvalue weighted by atomic mass is 10.3. The summed E-state index contributed by atoms with van der Waals surface area (Å²) < 4.78 is 9.26. The number of rotatable bonds is 2. The molecule has 0 saturated carbocycles. The van der Waals surface area contributed by atoms with Crippen LogP contribution in [0.3, 0.4) is 0 Å². The summed E-state index contributed by atoms with van der Waals surface area (Å²) >= 11 is 0. The average molecular weight is 173 g/mol. The van der Waals surface area contributed by atoms with E-state index in [9.17, 15) is 9.59 Å². The Bertz CT molecular complexity index is 192.